The van der Waals surface area contributed by atoms with E-state index in [0.717, 1.165) is 0 Å². The molecule has 0 aromatic heterocycles. The Balaban J connectivity index is 2.11. The molecule has 2 aromatic rings. The summed E-state index contributed by atoms with van der Waals surface area (Å²) in [6.07, 6.45) is 7.70. The van der Waals surface area contributed by atoms with Gasteiger partial charge >= 0.3 is 5.97 Å². The number of benzene rings is 2. The van der Waals surface area contributed by atoms with Crippen molar-refractivity contribution >= 4 is 12.0 Å². The fourth-order valence-electron chi connectivity index (χ4n) is 1.64. The van der Waals surface area contributed by atoms with E-state index in [1.165, 1.54) is 30.4 Å². The first-order valence-corrected chi connectivity index (χ1v) is 6.50. The smallest absolute Gasteiger partial charge is 0.331 e. The highest BCUT2D eigenvalue weighted by atomic mass is 19.1. The molecule has 0 radical (unpaired) electrons. The molecule has 0 fully saturated rings. The number of rotatable bonds is 5. The van der Waals surface area contributed by atoms with Crippen LogP contribution in [-0.4, -0.2) is 12.6 Å². The van der Waals surface area contributed by atoms with E-state index < -0.39 is 11.8 Å². The van der Waals surface area contributed by atoms with Crippen molar-refractivity contribution in [3.8, 4) is 23.8 Å². The fraction of sp³-hybridized carbons (Fsp3) is 0.0556. The van der Waals surface area contributed by atoms with Gasteiger partial charge in [-0.3, -0.25) is 0 Å². The van der Waals surface area contributed by atoms with Crippen LogP contribution in [0.2, 0.25) is 0 Å². The number of halogens is 1. The van der Waals surface area contributed by atoms with Gasteiger partial charge in [-0.1, -0.05) is 30.2 Å². The Labute approximate surface area is 128 Å². The molecule has 0 saturated carbocycles. The van der Waals surface area contributed by atoms with Crippen molar-refractivity contribution in [2.45, 2.75) is 0 Å². The first-order valence-electron chi connectivity index (χ1n) is 6.50. The van der Waals surface area contributed by atoms with Crippen molar-refractivity contribution in [1.82, 2.24) is 0 Å². The van der Waals surface area contributed by atoms with E-state index in [-0.39, 0.29) is 12.4 Å². The van der Waals surface area contributed by atoms with Crippen molar-refractivity contribution in [1.29, 1.82) is 0 Å². The number of carbonyl (C=O) groups is 1. The number of hydrogen-bond acceptors (Lipinski definition) is 3. The lowest BCUT2D eigenvalue weighted by atomic mass is 10.2. The summed E-state index contributed by atoms with van der Waals surface area (Å²) >= 11 is 0. The van der Waals surface area contributed by atoms with Gasteiger partial charge in [-0.05, 0) is 35.9 Å². The zero-order chi connectivity index (χ0) is 15.8. The minimum Gasteiger partial charge on any atom is -0.454 e. The predicted octanol–water partition coefficient (Wildman–Crippen LogP) is 3.81. The monoisotopic (exact) mass is 296 g/mol. The van der Waals surface area contributed by atoms with E-state index in [1.54, 1.807) is 24.3 Å². The zero-order valence-electron chi connectivity index (χ0n) is 11.7. The first-order chi connectivity index (χ1) is 10.7. The quantitative estimate of drug-likeness (QED) is 0.478. The number of carbonyl (C=O) groups excluding carboxylic acids is 1. The summed E-state index contributed by atoms with van der Waals surface area (Å²) in [5.41, 5.74) is 0.602. The lowest BCUT2D eigenvalue weighted by Gasteiger charge is -2.07. The standard InChI is InChI=1S/C18H13FO3/c1-2-12-21-18(20)11-9-14-8-10-16(19)17(13-14)22-15-6-4-3-5-7-15/h1,3-11,13H,12H2. The molecule has 0 unspecified atom stereocenters. The number of para-hydroxylation sites is 1. The second-order valence-electron chi connectivity index (χ2n) is 4.25. The second-order valence-corrected chi connectivity index (χ2v) is 4.25. The molecule has 0 heterocycles. The third-order valence-electron chi connectivity index (χ3n) is 2.64. The number of esters is 1. The number of terminal acetylenes is 1. The molecular formula is C18H13FO3. The summed E-state index contributed by atoms with van der Waals surface area (Å²) in [6.45, 7) is -0.0883. The van der Waals surface area contributed by atoms with Crippen molar-refractivity contribution in [3.05, 3.63) is 66.0 Å². The maximum absolute atomic E-state index is 13.8. The maximum atomic E-state index is 13.8. The molecule has 0 spiro atoms. The summed E-state index contributed by atoms with van der Waals surface area (Å²) in [4.78, 5) is 11.3. The maximum Gasteiger partial charge on any atom is 0.331 e. The van der Waals surface area contributed by atoms with E-state index in [9.17, 15) is 9.18 Å². The van der Waals surface area contributed by atoms with E-state index in [4.69, 9.17) is 15.9 Å². The van der Waals surface area contributed by atoms with Gasteiger partial charge in [0.15, 0.2) is 18.2 Å². The van der Waals surface area contributed by atoms with Crippen LogP contribution in [0.3, 0.4) is 0 Å². The lowest BCUT2D eigenvalue weighted by Crippen LogP contribution is -1.99. The van der Waals surface area contributed by atoms with Crippen LogP contribution in [0.5, 0.6) is 11.5 Å². The van der Waals surface area contributed by atoms with Gasteiger partial charge in [0.2, 0.25) is 0 Å². The SMILES string of the molecule is C#CCOC(=O)C=Cc1ccc(F)c(Oc2ccccc2)c1. The van der Waals surface area contributed by atoms with Crippen molar-refractivity contribution in [2.75, 3.05) is 6.61 Å². The minimum absolute atomic E-state index is 0.0744. The summed E-state index contributed by atoms with van der Waals surface area (Å²) in [5.74, 6) is 1.74. The first kappa shape index (κ1) is 15.3. The molecule has 3 nitrogen and oxygen atoms in total. The third kappa shape index (κ3) is 4.50. The Morgan fingerprint density at radius 2 is 2.00 bits per heavy atom. The van der Waals surface area contributed by atoms with E-state index in [1.807, 2.05) is 6.07 Å². The average Bonchev–Trinajstić information content (AvgIpc) is 2.54. The summed E-state index contributed by atoms with van der Waals surface area (Å²) in [6, 6.07) is 13.1. The van der Waals surface area contributed by atoms with E-state index >= 15 is 0 Å². The van der Waals surface area contributed by atoms with Gasteiger partial charge in [-0.2, -0.15) is 0 Å². The molecule has 2 rings (SSSR count). The molecule has 4 heteroatoms. The Morgan fingerprint density at radius 1 is 1.23 bits per heavy atom. The minimum atomic E-state index is -0.562. The lowest BCUT2D eigenvalue weighted by molar-refractivity contribution is -0.136. The van der Waals surface area contributed by atoms with Crippen LogP contribution in [0.25, 0.3) is 6.08 Å². The van der Waals surface area contributed by atoms with Gasteiger partial charge in [0.05, 0.1) is 0 Å². The molecule has 0 bridgehead atoms. The Bertz CT molecular complexity index is 715. The highest BCUT2D eigenvalue weighted by Gasteiger charge is 2.05. The van der Waals surface area contributed by atoms with Gasteiger partial charge in [0, 0.05) is 6.08 Å². The second kappa shape index (κ2) is 7.65. The summed E-state index contributed by atoms with van der Waals surface area (Å²) in [7, 11) is 0. The highest BCUT2D eigenvalue weighted by molar-refractivity contribution is 5.87. The van der Waals surface area contributed by atoms with Gasteiger partial charge in [0.1, 0.15) is 5.75 Å². The topological polar surface area (TPSA) is 35.5 Å². The predicted molar refractivity (Wildman–Crippen MR) is 81.7 cm³/mol. The molecule has 0 atom stereocenters. The molecular weight excluding hydrogens is 283 g/mol. The van der Waals surface area contributed by atoms with Gasteiger partial charge < -0.3 is 9.47 Å². The molecule has 0 aliphatic rings. The average molecular weight is 296 g/mol. The largest absolute Gasteiger partial charge is 0.454 e. The van der Waals surface area contributed by atoms with Gasteiger partial charge in [0.25, 0.3) is 0 Å². The molecule has 0 amide bonds. The summed E-state index contributed by atoms with van der Waals surface area (Å²) < 4.78 is 23.9. The molecule has 22 heavy (non-hydrogen) atoms. The number of ether oxygens (including phenoxy) is 2. The fourth-order valence-corrected chi connectivity index (χ4v) is 1.64. The van der Waals surface area contributed by atoms with Crippen LogP contribution in [0, 0.1) is 18.2 Å². The van der Waals surface area contributed by atoms with Crippen LogP contribution >= 0.6 is 0 Å². The molecule has 110 valence electrons. The molecule has 0 aliphatic heterocycles. The van der Waals surface area contributed by atoms with Crippen LogP contribution in [0.15, 0.2) is 54.6 Å². The van der Waals surface area contributed by atoms with Crippen molar-refractivity contribution in [3.63, 3.8) is 0 Å². The third-order valence-corrected chi connectivity index (χ3v) is 2.64. The van der Waals surface area contributed by atoms with Gasteiger partial charge in [-0.25, -0.2) is 9.18 Å². The van der Waals surface area contributed by atoms with E-state index in [2.05, 4.69) is 5.92 Å². The van der Waals surface area contributed by atoms with Crippen molar-refractivity contribution < 1.29 is 18.7 Å². The Kier molecular flexibility index (Phi) is 5.33. The van der Waals surface area contributed by atoms with Crippen LogP contribution in [0.4, 0.5) is 4.39 Å². The molecule has 0 N–H and O–H groups in total. The van der Waals surface area contributed by atoms with Crippen LogP contribution in [0.1, 0.15) is 5.56 Å². The molecule has 0 aliphatic carbocycles. The van der Waals surface area contributed by atoms with Crippen LogP contribution in [-0.2, 0) is 9.53 Å². The Hall–Kier alpha value is -3.06. The summed E-state index contributed by atoms with van der Waals surface area (Å²) in [5, 5.41) is 0. The molecule has 0 saturated heterocycles. The zero-order valence-corrected chi connectivity index (χ0v) is 11.7. The normalized spacial score (nSPS) is 10.2. The van der Waals surface area contributed by atoms with Gasteiger partial charge in [-0.15, -0.1) is 6.42 Å². The van der Waals surface area contributed by atoms with E-state index in [0.29, 0.717) is 11.3 Å². The highest BCUT2D eigenvalue weighted by Crippen LogP contribution is 2.25. The Morgan fingerprint density at radius 3 is 2.73 bits per heavy atom. The van der Waals surface area contributed by atoms with Crippen LogP contribution < -0.4 is 4.74 Å². The molecule has 2 aromatic carbocycles. The number of hydrogen-bond donors (Lipinski definition) is 0. The van der Waals surface area contributed by atoms with Crippen molar-refractivity contribution in [2.24, 2.45) is 0 Å².